The van der Waals surface area contributed by atoms with Crippen molar-refractivity contribution in [1.29, 1.82) is 0 Å². The zero-order valence-electron chi connectivity index (χ0n) is 10.7. The fourth-order valence-electron chi connectivity index (χ4n) is 2.18. The van der Waals surface area contributed by atoms with Crippen molar-refractivity contribution in [2.45, 2.75) is 44.9 Å². The van der Waals surface area contributed by atoms with Crippen LogP contribution in [-0.4, -0.2) is 25.4 Å². The molecule has 1 N–H and O–H groups in total. The molecule has 1 atom stereocenters. The lowest BCUT2D eigenvalue weighted by Gasteiger charge is -2.14. The number of rotatable bonds is 6. The summed E-state index contributed by atoms with van der Waals surface area (Å²) in [4.78, 5) is 4.24. The molecule has 18 heavy (non-hydrogen) atoms. The standard InChI is InChI=1S/C13H19N5/c1-11(9-17-6-2-5-16-17)15-8-13-7-14-10-18(13)12-3-4-12/h2,5-7,10-12,15H,3-4,8-9H2,1H3. The quantitative estimate of drug-likeness (QED) is 0.840. The maximum atomic E-state index is 4.24. The summed E-state index contributed by atoms with van der Waals surface area (Å²) in [5.74, 6) is 0. The lowest BCUT2D eigenvalue weighted by molar-refractivity contribution is 0.443. The summed E-state index contributed by atoms with van der Waals surface area (Å²) in [6.07, 6.45) is 10.3. The second-order valence-electron chi connectivity index (χ2n) is 5.03. The first kappa shape index (κ1) is 11.5. The zero-order valence-corrected chi connectivity index (χ0v) is 10.7. The molecule has 2 heterocycles. The minimum Gasteiger partial charge on any atom is -0.330 e. The van der Waals surface area contributed by atoms with Gasteiger partial charge in [0.05, 0.1) is 18.6 Å². The Morgan fingerprint density at radius 3 is 3.11 bits per heavy atom. The van der Waals surface area contributed by atoms with Crippen molar-refractivity contribution in [2.75, 3.05) is 0 Å². The fraction of sp³-hybridized carbons (Fsp3) is 0.538. The molecule has 2 aromatic rings. The first-order valence-corrected chi connectivity index (χ1v) is 6.54. The van der Waals surface area contributed by atoms with Crippen LogP contribution in [0.25, 0.3) is 0 Å². The highest BCUT2D eigenvalue weighted by Crippen LogP contribution is 2.35. The molecule has 0 amide bonds. The van der Waals surface area contributed by atoms with Gasteiger partial charge in [-0.3, -0.25) is 4.68 Å². The SMILES string of the molecule is CC(Cn1cccn1)NCc1cncn1C1CC1. The van der Waals surface area contributed by atoms with Gasteiger partial charge >= 0.3 is 0 Å². The number of nitrogens with zero attached hydrogens (tertiary/aromatic N) is 4. The zero-order chi connectivity index (χ0) is 12.4. The molecule has 0 bridgehead atoms. The van der Waals surface area contributed by atoms with Gasteiger partial charge < -0.3 is 9.88 Å². The van der Waals surface area contributed by atoms with Gasteiger partial charge in [0.1, 0.15) is 0 Å². The Bertz CT molecular complexity index is 483. The van der Waals surface area contributed by atoms with Crippen LogP contribution in [0.3, 0.4) is 0 Å². The van der Waals surface area contributed by atoms with Crippen LogP contribution in [0.4, 0.5) is 0 Å². The first-order valence-electron chi connectivity index (χ1n) is 6.54. The predicted molar refractivity (Wildman–Crippen MR) is 69.0 cm³/mol. The van der Waals surface area contributed by atoms with Gasteiger partial charge in [-0.05, 0) is 25.8 Å². The molecule has 1 saturated carbocycles. The molecule has 2 aromatic heterocycles. The molecule has 0 radical (unpaired) electrons. The molecule has 0 aliphatic heterocycles. The van der Waals surface area contributed by atoms with E-state index in [2.05, 4.69) is 26.9 Å². The summed E-state index contributed by atoms with van der Waals surface area (Å²) in [5.41, 5.74) is 1.28. The molecule has 0 spiro atoms. The number of imidazole rings is 1. The molecule has 5 nitrogen and oxygen atoms in total. The fourth-order valence-corrected chi connectivity index (χ4v) is 2.18. The molecular weight excluding hydrogens is 226 g/mol. The van der Waals surface area contributed by atoms with Crippen LogP contribution in [0.2, 0.25) is 0 Å². The van der Waals surface area contributed by atoms with Crippen LogP contribution in [-0.2, 0) is 13.1 Å². The second-order valence-corrected chi connectivity index (χ2v) is 5.03. The van der Waals surface area contributed by atoms with Crippen LogP contribution in [0.1, 0.15) is 31.5 Å². The van der Waals surface area contributed by atoms with Crippen molar-refractivity contribution in [1.82, 2.24) is 24.6 Å². The molecule has 96 valence electrons. The van der Waals surface area contributed by atoms with Gasteiger partial charge in [-0.2, -0.15) is 5.10 Å². The van der Waals surface area contributed by atoms with Crippen molar-refractivity contribution in [2.24, 2.45) is 0 Å². The normalized spacial score (nSPS) is 16.9. The van der Waals surface area contributed by atoms with Gasteiger partial charge in [0.2, 0.25) is 0 Å². The van der Waals surface area contributed by atoms with Crippen LogP contribution < -0.4 is 5.32 Å². The van der Waals surface area contributed by atoms with Crippen molar-refractivity contribution in [3.8, 4) is 0 Å². The molecule has 0 saturated heterocycles. The molecule has 1 unspecified atom stereocenters. The molecule has 5 heteroatoms. The van der Waals surface area contributed by atoms with Crippen molar-refractivity contribution in [3.63, 3.8) is 0 Å². The Morgan fingerprint density at radius 1 is 1.50 bits per heavy atom. The Kier molecular flexibility index (Phi) is 3.15. The van der Waals surface area contributed by atoms with Gasteiger partial charge in [-0.1, -0.05) is 0 Å². The number of hydrogen-bond acceptors (Lipinski definition) is 3. The molecule has 1 aliphatic rings. The van der Waals surface area contributed by atoms with Gasteiger partial charge in [-0.15, -0.1) is 0 Å². The molecule has 3 rings (SSSR count). The summed E-state index contributed by atoms with van der Waals surface area (Å²) >= 11 is 0. The highest BCUT2D eigenvalue weighted by atomic mass is 15.3. The van der Waals surface area contributed by atoms with Gasteiger partial charge in [0.15, 0.2) is 0 Å². The van der Waals surface area contributed by atoms with E-state index in [0.717, 1.165) is 13.1 Å². The summed E-state index contributed by atoms with van der Waals surface area (Å²) < 4.78 is 4.25. The third kappa shape index (κ3) is 2.61. The average Bonchev–Trinajstić information content (AvgIpc) is 2.90. The van der Waals surface area contributed by atoms with E-state index in [0.29, 0.717) is 12.1 Å². The minimum absolute atomic E-state index is 0.396. The van der Waals surface area contributed by atoms with E-state index in [-0.39, 0.29) is 0 Å². The maximum Gasteiger partial charge on any atom is 0.0951 e. The Hall–Kier alpha value is -1.62. The van der Waals surface area contributed by atoms with E-state index in [1.807, 2.05) is 35.7 Å². The van der Waals surface area contributed by atoms with Gasteiger partial charge in [0, 0.05) is 37.2 Å². The molecule has 0 aromatic carbocycles. The van der Waals surface area contributed by atoms with Crippen molar-refractivity contribution in [3.05, 3.63) is 36.7 Å². The number of nitrogens with one attached hydrogen (secondary N) is 1. The second kappa shape index (κ2) is 4.94. The Morgan fingerprint density at radius 2 is 2.39 bits per heavy atom. The largest absolute Gasteiger partial charge is 0.330 e. The van der Waals surface area contributed by atoms with E-state index in [4.69, 9.17) is 0 Å². The van der Waals surface area contributed by atoms with Gasteiger partial charge in [0.25, 0.3) is 0 Å². The van der Waals surface area contributed by atoms with E-state index >= 15 is 0 Å². The third-order valence-electron chi connectivity index (χ3n) is 3.34. The lowest BCUT2D eigenvalue weighted by Crippen LogP contribution is -2.30. The van der Waals surface area contributed by atoms with E-state index in [1.165, 1.54) is 18.5 Å². The van der Waals surface area contributed by atoms with Crippen LogP contribution in [0.5, 0.6) is 0 Å². The predicted octanol–water partition coefficient (Wildman–Crippen LogP) is 1.59. The number of hydrogen-bond donors (Lipinski definition) is 1. The van der Waals surface area contributed by atoms with Gasteiger partial charge in [-0.25, -0.2) is 4.98 Å². The van der Waals surface area contributed by atoms with Crippen LogP contribution >= 0.6 is 0 Å². The topological polar surface area (TPSA) is 47.7 Å². The van der Waals surface area contributed by atoms with Crippen LogP contribution in [0.15, 0.2) is 31.0 Å². The number of aromatic nitrogens is 4. The van der Waals surface area contributed by atoms with E-state index in [9.17, 15) is 0 Å². The van der Waals surface area contributed by atoms with Crippen molar-refractivity contribution < 1.29 is 0 Å². The summed E-state index contributed by atoms with van der Waals surface area (Å²) in [6.45, 7) is 3.95. The smallest absolute Gasteiger partial charge is 0.0951 e. The molecule has 1 aliphatic carbocycles. The third-order valence-corrected chi connectivity index (χ3v) is 3.34. The molecular formula is C13H19N5. The average molecular weight is 245 g/mol. The molecule has 1 fully saturated rings. The Balaban J connectivity index is 1.52. The summed E-state index contributed by atoms with van der Waals surface area (Å²) in [7, 11) is 0. The monoisotopic (exact) mass is 245 g/mol. The summed E-state index contributed by atoms with van der Waals surface area (Å²) in [6, 6.07) is 3.05. The lowest BCUT2D eigenvalue weighted by atomic mass is 10.3. The first-order chi connectivity index (χ1) is 8.83. The highest BCUT2D eigenvalue weighted by Gasteiger charge is 2.25. The van der Waals surface area contributed by atoms with Crippen LogP contribution in [0, 0.1) is 0 Å². The van der Waals surface area contributed by atoms with Crippen molar-refractivity contribution >= 4 is 0 Å². The van der Waals surface area contributed by atoms with E-state index < -0.39 is 0 Å². The summed E-state index contributed by atoms with van der Waals surface area (Å²) in [5, 5.41) is 7.74. The minimum atomic E-state index is 0.396. The van der Waals surface area contributed by atoms with E-state index in [1.54, 1.807) is 0 Å². The maximum absolute atomic E-state index is 4.24. The highest BCUT2D eigenvalue weighted by molar-refractivity contribution is 5.03. The Labute approximate surface area is 107 Å².